The molecule has 0 aliphatic rings. The van der Waals surface area contributed by atoms with Crippen LogP contribution in [0, 0.1) is 0 Å². The molecule has 0 unspecified atom stereocenters. The molecule has 0 bridgehead atoms. The van der Waals surface area contributed by atoms with Gasteiger partial charge >= 0.3 is 6.03 Å². The van der Waals surface area contributed by atoms with Gasteiger partial charge in [0.1, 0.15) is 0 Å². The van der Waals surface area contributed by atoms with Gasteiger partial charge in [-0.25, -0.2) is 4.79 Å². The number of hydrogen-bond donors (Lipinski definition) is 2. The van der Waals surface area contributed by atoms with Crippen LogP contribution in [-0.4, -0.2) is 25.7 Å². The minimum absolute atomic E-state index is 0.00225. The summed E-state index contributed by atoms with van der Waals surface area (Å²) in [5.41, 5.74) is 1.18. The van der Waals surface area contributed by atoms with Gasteiger partial charge in [-0.1, -0.05) is 12.1 Å². The molecule has 0 heterocycles. The van der Waals surface area contributed by atoms with E-state index in [2.05, 4.69) is 10.6 Å². The number of carbonyl (C=O) groups is 2. The van der Waals surface area contributed by atoms with Crippen LogP contribution in [0.25, 0.3) is 0 Å². The normalized spacial score (nSPS) is 9.83. The number of para-hydroxylation sites is 2. The Hall–Kier alpha value is -3.02. The molecule has 23 heavy (non-hydrogen) atoms. The van der Waals surface area contributed by atoms with Crippen LogP contribution in [0.4, 0.5) is 10.5 Å². The first-order valence-corrected chi connectivity index (χ1v) is 7.02. The van der Waals surface area contributed by atoms with Crippen LogP contribution in [0.1, 0.15) is 17.3 Å². The third-order valence-electron chi connectivity index (χ3n) is 3.08. The third-order valence-corrected chi connectivity index (χ3v) is 3.08. The van der Waals surface area contributed by atoms with Gasteiger partial charge in [0, 0.05) is 11.3 Å². The average Bonchev–Trinajstić information content (AvgIpc) is 2.55. The summed E-state index contributed by atoms with van der Waals surface area (Å²) in [4.78, 5) is 23.0. The number of nitrogens with one attached hydrogen (secondary N) is 2. The lowest BCUT2D eigenvalue weighted by molar-refractivity contribution is 0.101. The van der Waals surface area contributed by atoms with E-state index in [1.54, 1.807) is 43.5 Å². The predicted octanol–water partition coefficient (Wildman–Crippen LogP) is 3.06. The van der Waals surface area contributed by atoms with Gasteiger partial charge in [0.2, 0.25) is 0 Å². The van der Waals surface area contributed by atoms with Crippen LogP contribution in [0.5, 0.6) is 11.5 Å². The standard InChI is InChI=1S/C17H18N2O4/c1-12(20)13-7-9-14(10-8-13)19-17(21)18-11-23-16-6-4-3-5-15(16)22-2/h3-10H,11H2,1-2H3,(H2,18,19,21). The van der Waals surface area contributed by atoms with E-state index in [9.17, 15) is 9.59 Å². The van der Waals surface area contributed by atoms with E-state index in [-0.39, 0.29) is 12.5 Å². The number of anilines is 1. The van der Waals surface area contributed by atoms with E-state index in [4.69, 9.17) is 9.47 Å². The molecule has 0 saturated carbocycles. The number of hydrogen-bond acceptors (Lipinski definition) is 4. The molecule has 0 aliphatic heterocycles. The highest BCUT2D eigenvalue weighted by Gasteiger charge is 2.05. The van der Waals surface area contributed by atoms with Crippen molar-refractivity contribution >= 4 is 17.5 Å². The summed E-state index contributed by atoms with van der Waals surface area (Å²) in [6.45, 7) is 1.49. The second kappa shape index (κ2) is 7.84. The molecule has 2 amide bonds. The summed E-state index contributed by atoms with van der Waals surface area (Å²) >= 11 is 0. The van der Waals surface area contributed by atoms with Crippen LogP contribution >= 0.6 is 0 Å². The number of ether oxygens (including phenoxy) is 2. The Morgan fingerprint density at radius 3 is 2.26 bits per heavy atom. The zero-order valence-corrected chi connectivity index (χ0v) is 13.0. The summed E-state index contributed by atoms with van der Waals surface area (Å²) in [5.74, 6) is 1.11. The minimum Gasteiger partial charge on any atom is -0.493 e. The Labute approximate surface area is 134 Å². The Morgan fingerprint density at radius 2 is 1.65 bits per heavy atom. The van der Waals surface area contributed by atoms with Gasteiger partial charge in [0.05, 0.1) is 7.11 Å². The molecule has 2 rings (SSSR count). The molecule has 2 aromatic rings. The Balaban J connectivity index is 1.82. The summed E-state index contributed by atoms with van der Waals surface area (Å²) in [7, 11) is 1.55. The maximum absolute atomic E-state index is 11.8. The molecule has 0 fully saturated rings. The van der Waals surface area contributed by atoms with Crippen LogP contribution in [0.3, 0.4) is 0 Å². The van der Waals surface area contributed by atoms with E-state index in [1.807, 2.05) is 12.1 Å². The quantitative estimate of drug-likeness (QED) is 0.634. The number of amides is 2. The highest BCUT2D eigenvalue weighted by atomic mass is 16.5. The second-order valence-corrected chi connectivity index (χ2v) is 4.70. The number of urea groups is 1. The second-order valence-electron chi connectivity index (χ2n) is 4.70. The largest absolute Gasteiger partial charge is 0.493 e. The first kappa shape index (κ1) is 16.4. The molecule has 120 valence electrons. The Kier molecular flexibility index (Phi) is 5.57. The van der Waals surface area contributed by atoms with Gasteiger partial charge in [-0.05, 0) is 43.3 Å². The highest BCUT2D eigenvalue weighted by Crippen LogP contribution is 2.25. The fourth-order valence-corrected chi connectivity index (χ4v) is 1.88. The van der Waals surface area contributed by atoms with E-state index in [0.717, 1.165) is 0 Å². The van der Waals surface area contributed by atoms with Crippen molar-refractivity contribution in [2.45, 2.75) is 6.92 Å². The summed E-state index contributed by atoms with van der Waals surface area (Å²) in [6.07, 6.45) is 0. The fourth-order valence-electron chi connectivity index (χ4n) is 1.88. The molecule has 2 aromatic carbocycles. The van der Waals surface area contributed by atoms with Crippen LogP contribution in [0.2, 0.25) is 0 Å². The molecule has 0 aliphatic carbocycles. The lowest BCUT2D eigenvalue weighted by Gasteiger charge is -2.11. The predicted molar refractivity (Wildman–Crippen MR) is 87.1 cm³/mol. The van der Waals surface area contributed by atoms with Crippen molar-refractivity contribution in [1.82, 2.24) is 5.32 Å². The smallest absolute Gasteiger partial charge is 0.321 e. The zero-order valence-electron chi connectivity index (χ0n) is 13.0. The van der Waals surface area contributed by atoms with E-state index in [0.29, 0.717) is 22.7 Å². The summed E-state index contributed by atoms with van der Waals surface area (Å²) in [6, 6.07) is 13.4. The van der Waals surface area contributed by atoms with Crippen molar-refractivity contribution in [3.05, 3.63) is 54.1 Å². The first-order chi connectivity index (χ1) is 11.1. The van der Waals surface area contributed by atoms with Gasteiger partial charge in [-0.3, -0.25) is 4.79 Å². The number of rotatable bonds is 6. The maximum atomic E-state index is 11.8. The molecular formula is C17H18N2O4. The molecule has 6 nitrogen and oxygen atoms in total. The van der Waals surface area contributed by atoms with Gasteiger partial charge in [0.15, 0.2) is 24.0 Å². The third kappa shape index (κ3) is 4.74. The molecule has 0 saturated heterocycles. The lowest BCUT2D eigenvalue weighted by Crippen LogP contribution is -2.32. The van der Waals surface area contributed by atoms with Crippen molar-refractivity contribution in [2.75, 3.05) is 19.2 Å². The van der Waals surface area contributed by atoms with E-state index in [1.165, 1.54) is 6.92 Å². The number of ketones is 1. The van der Waals surface area contributed by atoms with Crippen molar-refractivity contribution in [2.24, 2.45) is 0 Å². The van der Waals surface area contributed by atoms with Crippen molar-refractivity contribution in [1.29, 1.82) is 0 Å². The van der Waals surface area contributed by atoms with E-state index < -0.39 is 6.03 Å². The van der Waals surface area contributed by atoms with Gasteiger partial charge in [-0.15, -0.1) is 0 Å². The van der Waals surface area contributed by atoms with Crippen molar-refractivity contribution < 1.29 is 19.1 Å². The van der Waals surface area contributed by atoms with Gasteiger partial charge < -0.3 is 20.1 Å². The van der Waals surface area contributed by atoms with Gasteiger partial charge in [-0.2, -0.15) is 0 Å². The first-order valence-electron chi connectivity index (χ1n) is 7.02. The van der Waals surface area contributed by atoms with Crippen LogP contribution in [-0.2, 0) is 0 Å². The fraction of sp³-hybridized carbons (Fsp3) is 0.176. The van der Waals surface area contributed by atoms with Crippen molar-refractivity contribution in [3.63, 3.8) is 0 Å². The van der Waals surface area contributed by atoms with Crippen molar-refractivity contribution in [3.8, 4) is 11.5 Å². The zero-order chi connectivity index (χ0) is 16.7. The topological polar surface area (TPSA) is 76.7 Å². The van der Waals surface area contributed by atoms with Gasteiger partial charge in [0.25, 0.3) is 0 Å². The number of Topliss-reactive ketones (excluding diaryl/α,β-unsaturated/α-hetero) is 1. The summed E-state index contributed by atoms with van der Waals surface area (Å²) in [5, 5.41) is 5.22. The highest BCUT2D eigenvalue weighted by molar-refractivity contribution is 5.95. The molecule has 0 atom stereocenters. The van der Waals surface area contributed by atoms with Crippen LogP contribution < -0.4 is 20.1 Å². The molecule has 2 N–H and O–H groups in total. The molecule has 6 heteroatoms. The molecule has 0 spiro atoms. The lowest BCUT2D eigenvalue weighted by atomic mass is 10.1. The molecule has 0 aromatic heterocycles. The Morgan fingerprint density at radius 1 is 1.00 bits per heavy atom. The molecule has 0 radical (unpaired) electrons. The SMILES string of the molecule is COc1ccccc1OCNC(=O)Nc1ccc(C(C)=O)cc1. The number of carbonyl (C=O) groups excluding carboxylic acids is 2. The van der Waals surface area contributed by atoms with Crippen LogP contribution in [0.15, 0.2) is 48.5 Å². The number of methoxy groups -OCH3 is 1. The minimum atomic E-state index is -0.407. The van der Waals surface area contributed by atoms with E-state index >= 15 is 0 Å². The Bertz CT molecular complexity index is 683. The average molecular weight is 314 g/mol. The monoisotopic (exact) mass is 314 g/mol. The summed E-state index contributed by atoms with van der Waals surface area (Å²) < 4.78 is 10.6. The number of benzene rings is 2. The maximum Gasteiger partial charge on any atom is 0.321 e. The molecular weight excluding hydrogens is 296 g/mol.